The van der Waals surface area contributed by atoms with Crippen LogP contribution < -0.4 is 16.0 Å². The van der Waals surface area contributed by atoms with E-state index in [2.05, 4.69) is 151 Å². The lowest BCUT2D eigenvalue weighted by Crippen LogP contribution is -2.42. The Labute approximate surface area is 439 Å². The molecule has 0 saturated carbocycles. The van der Waals surface area contributed by atoms with E-state index in [1.807, 2.05) is 68.4 Å². The zero-order valence-electron chi connectivity index (χ0n) is 44.9. The highest BCUT2D eigenvalue weighted by atomic mass is 16.1. The third kappa shape index (κ3) is 8.15. The van der Waals surface area contributed by atoms with Gasteiger partial charge < -0.3 is 16.0 Å². The molecule has 0 spiro atoms. The number of carbonyl (C=O) groups excluding carboxylic acids is 3. The number of hydrogen-bond donors (Lipinski definition) is 6. The molecule has 3 atom stereocenters. The summed E-state index contributed by atoms with van der Waals surface area (Å²) in [6.45, 7) is 23.2. The minimum absolute atomic E-state index is 0.0294. The van der Waals surface area contributed by atoms with Crippen molar-refractivity contribution in [2.24, 2.45) is 16.2 Å². The van der Waals surface area contributed by atoms with E-state index in [0.717, 1.165) is 98.2 Å². The van der Waals surface area contributed by atoms with E-state index in [4.69, 9.17) is 6.42 Å². The van der Waals surface area contributed by atoms with Gasteiger partial charge in [-0.25, -0.2) is 0 Å². The molecule has 3 aliphatic carbocycles. The Bertz CT molecular complexity index is 3390. The van der Waals surface area contributed by atoms with Crippen molar-refractivity contribution >= 4 is 34.8 Å². The highest BCUT2D eigenvalue weighted by molar-refractivity contribution is 6.05. The first-order valence-electron chi connectivity index (χ1n) is 25.9. The largest absolute Gasteiger partial charge is 0.342 e. The fraction of sp³-hybridized carbons (Fsp3) is 0.371. The first kappa shape index (κ1) is 50.5. The molecule has 6 aliphatic rings. The summed E-state index contributed by atoms with van der Waals surface area (Å²) >= 11 is 0. The molecule has 0 bridgehead atoms. The Morgan fingerprint density at radius 1 is 0.480 bits per heavy atom. The van der Waals surface area contributed by atoms with Crippen LogP contribution in [0.25, 0.3) is 0 Å². The number of nitriles is 1. The fourth-order valence-corrected chi connectivity index (χ4v) is 13.5. The first-order chi connectivity index (χ1) is 35.5. The standard InChI is InChI=1S/C21H25N3O.C21H21N3O.C20H20N4O/c1-12-8-6-7-9-14(12)21(5)17-13(2)23-24-19(17)22-15-10-20(3,4)11-16(25)18(15)21;1-5-14-18-19(24-23-14)22-15-11-20(2,3)12-16(25)17(15)21(18,4)13-9-7-6-8-10-13;1-19(2)9-13-16(15(25)10-19)20(3,12-7-5-4-6-8-12)17-14(11-21)23-24-18(17)22-13/h6-9H,10-11H2,1-5H3,(H2,22,23,24);1,6-10H,11-12H2,2-4H3,(H2,22,23,24);4-8H,9-10H2,1-3H3,(H2,22,23,24). The molecule has 0 fully saturated rings. The number of hydrogen-bond acceptors (Lipinski definition) is 10. The molecule has 0 saturated heterocycles. The van der Waals surface area contributed by atoms with Gasteiger partial charge in [0.1, 0.15) is 17.5 Å². The second kappa shape index (κ2) is 17.8. The van der Waals surface area contributed by atoms with Crippen molar-refractivity contribution in [1.82, 2.24) is 30.6 Å². The van der Waals surface area contributed by atoms with Gasteiger partial charge in [0.25, 0.3) is 0 Å². The minimum atomic E-state index is -0.692. The van der Waals surface area contributed by atoms with Crippen LogP contribution in [-0.4, -0.2) is 47.9 Å². The number of carbonyl (C=O) groups is 3. The first-order valence-corrected chi connectivity index (χ1v) is 25.9. The summed E-state index contributed by atoms with van der Waals surface area (Å²) in [6.07, 6.45) is 9.80. The maximum Gasteiger partial charge on any atom is 0.162 e. The van der Waals surface area contributed by atoms with Gasteiger partial charge in [-0.05, 0) is 92.4 Å². The maximum absolute atomic E-state index is 13.3. The monoisotopic (exact) mass is 999 g/mol. The van der Waals surface area contributed by atoms with Crippen molar-refractivity contribution < 1.29 is 14.4 Å². The number of allylic oxidation sites excluding steroid dienone is 6. The molecule has 6 heterocycles. The Morgan fingerprint density at radius 3 is 1.28 bits per heavy atom. The van der Waals surface area contributed by atoms with E-state index in [1.165, 1.54) is 11.1 Å². The van der Waals surface area contributed by atoms with Gasteiger partial charge >= 0.3 is 0 Å². The quantitative estimate of drug-likeness (QED) is 0.0928. The smallest absolute Gasteiger partial charge is 0.162 e. The van der Waals surface area contributed by atoms with Crippen LogP contribution in [0.5, 0.6) is 0 Å². The van der Waals surface area contributed by atoms with Gasteiger partial charge in [0.05, 0.1) is 16.2 Å². The summed E-state index contributed by atoms with van der Waals surface area (Å²) in [5.74, 6) is 5.49. The van der Waals surface area contributed by atoms with Crippen LogP contribution >= 0.6 is 0 Å². The van der Waals surface area contributed by atoms with Crippen molar-refractivity contribution in [2.75, 3.05) is 16.0 Å². The van der Waals surface area contributed by atoms with E-state index < -0.39 is 16.2 Å². The van der Waals surface area contributed by atoms with Crippen molar-refractivity contribution in [3.05, 3.63) is 175 Å². The number of nitrogens with zero attached hydrogens (tertiary/aromatic N) is 4. The van der Waals surface area contributed by atoms with Gasteiger partial charge in [0, 0.05) is 75.5 Å². The topological polar surface area (TPSA) is 197 Å². The summed E-state index contributed by atoms with van der Waals surface area (Å²) in [6, 6.07) is 30.6. The van der Waals surface area contributed by atoms with Crippen LogP contribution in [0.15, 0.2) is 119 Å². The normalized spacial score (nSPS) is 24.3. The van der Waals surface area contributed by atoms with Crippen LogP contribution in [0.4, 0.5) is 17.5 Å². The van der Waals surface area contributed by atoms with Crippen LogP contribution in [0, 0.1) is 53.8 Å². The van der Waals surface area contributed by atoms with Crippen molar-refractivity contribution in [3.63, 3.8) is 0 Å². The number of rotatable bonds is 3. The third-order valence-electron chi connectivity index (χ3n) is 16.6. The minimum Gasteiger partial charge on any atom is -0.342 e. The molecular weight excluding hydrogens is 933 g/mol. The number of fused-ring (bicyclic) bond motifs is 3. The van der Waals surface area contributed by atoms with Gasteiger partial charge in [-0.2, -0.15) is 20.6 Å². The van der Waals surface area contributed by atoms with Gasteiger partial charge in [-0.15, -0.1) is 6.42 Å². The number of ketones is 3. The molecule has 0 radical (unpaired) electrons. The fourth-order valence-electron chi connectivity index (χ4n) is 13.5. The predicted molar refractivity (Wildman–Crippen MR) is 293 cm³/mol. The van der Waals surface area contributed by atoms with Crippen LogP contribution in [0.3, 0.4) is 0 Å². The molecule has 12 rings (SSSR count). The molecule has 75 heavy (non-hydrogen) atoms. The number of terminal acetylenes is 1. The van der Waals surface area contributed by atoms with Crippen molar-refractivity contribution in [1.29, 1.82) is 5.26 Å². The number of benzene rings is 3. The molecule has 3 unspecified atom stereocenters. The molecule has 0 amide bonds. The number of nitrogens with one attached hydrogen (secondary N) is 6. The summed E-state index contributed by atoms with van der Waals surface area (Å²) in [5.41, 5.74) is 12.7. The van der Waals surface area contributed by atoms with E-state index in [9.17, 15) is 19.6 Å². The van der Waals surface area contributed by atoms with Crippen LogP contribution in [-0.2, 0) is 30.6 Å². The Hall–Kier alpha value is -8.03. The van der Waals surface area contributed by atoms with Gasteiger partial charge in [-0.3, -0.25) is 29.7 Å². The lowest BCUT2D eigenvalue weighted by Gasteiger charge is -2.44. The highest BCUT2D eigenvalue weighted by Crippen LogP contribution is 2.56. The molecule has 13 nitrogen and oxygen atoms in total. The molecule has 3 aromatic heterocycles. The van der Waals surface area contributed by atoms with Gasteiger partial charge in [0.15, 0.2) is 34.8 Å². The molecule has 6 N–H and O–H groups in total. The summed E-state index contributed by atoms with van der Waals surface area (Å²) < 4.78 is 0. The van der Waals surface area contributed by atoms with E-state index in [-0.39, 0.29) is 33.6 Å². The average molecular weight is 999 g/mol. The number of aromatic nitrogens is 6. The van der Waals surface area contributed by atoms with E-state index in [1.54, 1.807) is 0 Å². The lowest BCUT2D eigenvalue weighted by molar-refractivity contribution is -0.119. The highest BCUT2D eigenvalue weighted by Gasteiger charge is 2.53. The molecule has 6 aromatic rings. The molecule has 382 valence electrons. The molecule has 3 aromatic carbocycles. The summed E-state index contributed by atoms with van der Waals surface area (Å²) in [5, 5.41) is 41.8. The Balaban J connectivity index is 0.000000128. The van der Waals surface area contributed by atoms with Gasteiger partial charge in [0.2, 0.25) is 0 Å². The predicted octanol–water partition coefficient (Wildman–Crippen LogP) is 11.8. The third-order valence-corrected chi connectivity index (χ3v) is 16.6. The summed E-state index contributed by atoms with van der Waals surface area (Å²) in [4.78, 5) is 39.6. The number of aryl methyl sites for hydroxylation is 2. The zero-order chi connectivity index (χ0) is 53.6. The lowest BCUT2D eigenvalue weighted by atomic mass is 9.61. The SMILES string of the molecule is C#Cc1[nH]nc2c1C(C)(c1ccccc1)C1=C(CC(C)(C)CC1=O)N2.CC1(C)CC(=O)C2=C(C1)Nc1n[nH]c(C#N)c1C2(C)c1ccccc1.Cc1ccccc1C1(C)C2=C(CC(C)(C)CC2=O)Nc2n[nH]c(C)c21. The van der Waals surface area contributed by atoms with E-state index in [0.29, 0.717) is 36.5 Å². The van der Waals surface area contributed by atoms with Gasteiger partial charge in [-0.1, -0.05) is 132 Å². The Kier molecular flexibility index (Phi) is 12.0. The number of Topliss-reactive ketones (excluding diaryl/α,β-unsaturated/α-hetero) is 3. The maximum atomic E-state index is 13.3. The number of anilines is 3. The van der Waals surface area contributed by atoms with Crippen LogP contribution in [0.1, 0.15) is 157 Å². The van der Waals surface area contributed by atoms with Crippen molar-refractivity contribution in [3.8, 4) is 18.4 Å². The molecular formula is C62H66N10O3. The second-order valence-corrected chi connectivity index (χ2v) is 24.2. The average Bonchev–Trinajstić information content (AvgIpc) is 4.08. The number of aromatic amines is 3. The van der Waals surface area contributed by atoms with E-state index >= 15 is 0 Å². The summed E-state index contributed by atoms with van der Waals surface area (Å²) in [7, 11) is 0. The Morgan fingerprint density at radius 2 is 0.853 bits per heavy atom. The molecule has 3 aliphatic heterocycles. The van der Waals surface area contributed by atoms with Crippen LogP contribution in [0.2, 0.25) is 0 Å². The zero-order valence-corrected chi connectivity index (χ0v) is 44.9. The second-order valence-electron chi connectivity index (χ2n) is 24.2. The number of H-pyrrole nitrogens is 3. The van der Waals surface area contributed by atoms with Crippen molar-refractivity contribution in [2.45, 2.75) is 131 Å². The molecule has 13 heteroatoms.